The van der Waals surface area contributed by atoms with E-state index >= 15 is 0 Å². The highest BCUT2D eigenvalue weighted by Gasteiger charge is 2.24. The van der Waals surface area contributed by atoms with Crippen LogP contribution in [0.3, 0.4) is 0 Å². The lowest BCUT2D eigenvalue weighted by atomic mass is 10.2. The molecule has 1 aromatic heterocycles. The number of hydrogen-bond donors (Lipinski definition) is 0. The van der Waals surface area contributed by atoms with Crippen LogP contribution in [0, 0.1) is 5.82 Å². The molecule has 0 unspecified atom stereocenters. The maximum Gasteiger partial charge on any atom is 0.251 e. The monoisotopic (exact) mass is 453 g/mol. The minimum Gasteiger partial charge on any atom is -0.416 e. The largest absolute Gasteiger partial charge is 0.416 e. The Labute approximate surface area is 165 Å². The third-order valence-corrected chi connectivity index (χ3v) is 6.78. The lowest BCUT2D eigenvalue weighted by Gasteiger charge is -2.18. The molecule has 0 aliphatic rings. The van der Waals surface area contributed by atoms with Crippen LogP contribution >= 0.6 is 15.9 Å². The highest BCUT2D eigenvalue weighted by atomic mass is 79.9. The minimum absolute atomic E-state index is 0.0248. The van der Waals surface area contributed by atoms with Gasteiger partial charge in [0.25, 0.3) is 5.89 Å². The van der Waals surface area contributed by atoms with Crippen LogP contribution in [0.5, 0.6) is 0 Å². The summed E-state index contributed by atoms with van der Waals surface area (Å²) >= 11 is 3.40. The van der Waals surface area contributed by atoms with Crippen molar-refractivity contribution in [1.29, 1.82) is 0 Å². The molecule has 0 saturated carbocycles. The van der Waals surface area contributed by atoms with Crippen LogP contribution in [0.25, 0.3) is 22.9 Å². The Bertz CT molecular complexity index is 1070. The van der Waals surface area contributed by atoms with Crippen molar-refractivity contribution in [3.63, 3.8) is 0 Å². The number of rotatable bonds is 6. The molecule has 0 atom stereocenters. The van der Waals surface area contributed by atoms with Crippen molar-refractivity contribution in [2.75, 3.05) is 13.1 Å². The average Bonchev–Trinajstić information content (AvgIpc) is 3.12. The fourth-order valence-electron chi connectivity index (χ4n) is 2.62. The van der Waals surface area contributed by atoms with Gasteiger partial charge in [0.15, 0.2) is 0 Å². The molecule has 1 heterocycles. The van der Waals surface area contributed by atoms with Gasteiger partial charge in [-0.15, -0.1) is 10.2 Å². The van der Waals surface area contributed by atoms with Crippen LogP contribution in [-0.2, 0) is 10.0 Å². The second-order valence-electron chi connectivity index (χ2n) is 5.62. The molecule has 0 spiro atoms. The van der Waals surface area contributed by atoms with Gasteiger partial charge in [-0.2, -0.15) is 4.31 Å². The zero-order valence-electron chi connectivity index (χ0n) is 14.7. The predicted octanol–water partition coefficient (Wildman–Crippen LogP) is 4.34. The van der Waals surface area contributed by atoms with Crippen molar-refractivity contribution in [3.8, 4) is 22.9 Å². The van der Waals surface area contributed by atoms with Gasteiger partial charge in [-0.25, -0.2) is 12.8 Å². The van der Waals surface area contributed by atoms with Gasteiger partial charge in [0, 0.05) is 17.6 Å². The Hall–Kier alpha value is -2.10. The minimum atomic E-state index is -3.73. The first kappa shape index (κ1) is 19.7. The zero-order chi connectivity index (χ0) is 19.6. The summed E-state index contributed by atoms with van der Waals surface area (Å²) in [5.74, 6) is -0.528. The molecule has 0 bridgehead atoms. The van der Waals surface area contributed by atoms with E-state index in [4.69, 9.17) is 4.42 Å². The summed E-state index contributed by atoms with van der Waals surface area (Å²) < 4.78 is 47.4. The highest BCUT2D eigenvalue weighted by Crippen LogP contribution is 2.31. The van der Waals surface area contributed by atoms with Crippen molar-refractivity contribution in [1.82, 2.24) is 14.5 Å². The Morgan fingerprint density at radius 3 is 2.30 bits per heavy atom. The van der Waals surface area contributed by atoms with Crippen LogP contribution in [0.15, 0.2) is 56.2 Å². The number of nitrogens with zero attached hydrogens (tertiary/aromatic N) is 3. The second-order valence-corrected chi connectivity index (χ2v) is 8.42. The first-order valence-corrected chi connectivity index (χ1v) is 10.5. The lowest BCUT2D eigenvalue weighted by Crippen LogP contribution is -2.30. The van der Waals surface area contributed by atoms with Gasteiger partial charge in [0.05, 0.1) is 16.0 Å². The lowest BCUT2D eigenvalue weighted by molar-refractivity contribution is 0.445. The van der Waals surface area contributed by atoms with E-state index in [0.717, 1.165) is 10.5 Å². The summed E-state index contributed by atoms with van der Waals surface area (Å²) in [6.07, 6.45) is 0. The quantitative estimate of drug-likeness (QED) is 0.554. The molecule has 0 saturated heterocycles. The first-order chi connectivity index (χ1) is 12.9. The SMILES string of the molecule is CCN(CC)S(=O)(=O)c1ccc(F)c(-c2nnc(-c3ccccc3Br)o2)c1. The summed E-state index contributed by atoms with van der Waals surface area (Å²) in [5.41, 5.74) is 0.595. The van der Waals surface area contributed by atoms with Gasteiger partial charge in [0.2, 0.25) is 15.9 Å². The third kappa shape index (κ3) is 3.80. The van der Waals surface area contributed by atoms with Gasteiger partial charge < -0.3 is 4.42 Å². The molecular weight excluding hydrogens is 437 g/mol. The van der Waals surface area contributed by atoms with Crippen LogP contribution in [0.2, 0.25) is 0 Å². The molecule has 142 valence electrons. The number of aromatic nitrogens is 2. The van der Waals surface area contributed by atoms with E-state index in [9.17, 15) is 12.8 Å². The summed E-state index contributed by atoms with van der Waals surface area (Å²) in [4.78, 5) is -0.0248. The molecule has 3 rings (SSSR count). The Balaban J connectivity index is 2.05. The molecule has 0 aliphatic carbocycles. The second kappa shape index (κ2) is 7.87. The van der Waals surface area contributed by atoms with E-state index in [-0.39, 0.29) is 22.2 Å². The standard InChI is InChI=1S/C18H17BrFN3O3S/c1-3-23(4-2)27(24,25)12-9-10-16(20)14(11-12)18-22-21-17(26-18)13-7-5-6-8-15(13)19/h5-11H,3-4H2,1-2H3. The summed E-state index contributed by atoms with van der Waals surface area (Å²) in [5, 5.41) is 7.84. The van der Waals surface area contributed by atoms with Gasteiger partial charge in [-0.05, 0) is 46.3 Å². The molecule has 0 N–H and O–H groups in total. The maximum absolute atomic E-state index is 14.4. The molecule has 9 heteroatoms. The van der Waals surface area contributed by atoms with Crippen molar-refractivity contribution < 1.29 is 17.2 Å². The number of sulfonamides is 1. The smallest absolute Gasteiger partial charge is 0.251 e. The van der Waals surface area contributed by atoms with Gasteiger partial charge >= 0.3 is 0 Å². The predicted molar refractivity (Wildman–Crippen MR) is 103 cm³/mol. The van der Waals surface area contributed by atoms with Crippen molar-refractivity contribution >= 4 is 26.0 Å². The van der Waals surface area contributed by atoms with E-state index in [1.807, 2.05) is 18.2 Å². The molecule has 3 aromatic rings. The van der Waals surface area contributed by atoms with Crippen LogP contribution in [0.4, 0.5) is 4.39 Å². The molecule has 0 aliphatic heterocycles. The van der Waals surface area contributed by atoms with E-state index in [0.29, 0.717) is 18.7 Å². The van der Waals surface area contributed by atoms with E-state index in [1.54, 1.807) is 19.9 Å². The molecule has 0 fully saturated rings. The van der Waals surface area contributed by atoms with Gasteiger partial charge in [0.1, 0.15) is 5.82 Å². The third-order valence-electron chi connectivity index (χ3n) is 4.04. The summed E-state index contributed by atoms with van der Waals surface area (Å²) in [6, 6.07) is 10.8. The molecule has 2 aromatic carbocycles. The Morgan fingerprint density at radius 1 is 1.04 bits per heavy atom. The molecule has 0 amide bonds. The van der Waals surface area contributed by atoms with E-state index < -0.39 is 15.8 Å². The topological polar surface area (TPSA) is 76.3 Å². The highest BCUT2D eigenvalue weighted by molar-refractivity contribution is 9.10. The Morgan fingerprint density at radius 2 is 1.67 bits per heavy atom. The van der Waals surface area contributed by atoms with E-state index in [2.05, 4.69) is 26.1 Å². The first-order valence-electron chi connectivity index (χ1n) is 8.27. The fourth-order valence-corrected chi connectivity index (χ4v) is 4.56. The number of benzene rings is 2. The normalized spacial score (nSPS) is 11.9. The summed E-state index contributed by atoms with van der Waals surface area (Å²) in [6.45, 7) is 4.12. The van der Waals surface area contributed by atoms with Crippen LogP contribution in [0.1, 0.15) is 13.8 Å². The van der Waals surface area contributed by atoms with Crippen molar-refractivity contribution in [2.24, 2.45) is 0 Å². The molecule has 0 radical (unpaired) electrons. The number of hydrogen-bond acceptors (Lipinski definition) is 5. The maximum atomic E-state index is 14.4. The van der Waals surface area contributed by atoms with Crippen molar-refractivity contribution in [3.05, 3.63) is 52.8 Å². The summed E-state index contributed by atoms with van der Waals surface area (Å²) in [7, 11) is -3.73. The van der Waals surface area contributed by atoms with E-state index in [1.165, 1.54) is 16.4 Å². The fraction of sp³-hybridized carbons (Fsp3) is 0.222. The van der Waals surface area contributed by atoms with Crippen LogP contribution < -0.4 is 0 Å². The van der Waals surface area contributed by atoms with Gasteiger partial charge in [-0.3, -0.25) is 0 Å². The average molecular weight is 454 g/mol. The number of halogens is 2. The molecule has 27 heavy (non-hydrogen) atoms. The van der Waals surface area contributed by atoms with Gasteiger partial charge in [-0.1, -0.05) is 26.0 Å². The van der Waals surface area contributed by atoms with Crippen molar-refractivity contribution in [2.45, 2.75) is 18.7 Å². The van der Waals surface area contributed by atoms with Crippen LogP contribution in [-0.4, -0.2) is 36.0 Å². The zero-order valence-corrected chi connectivity index (χ0v) is 17.1. The Kier molecular flexibility index (Phi) is 5.73. The molecule has 6 nitrogen and oxygen atoms in total. The molecular formula is C18H17BrFN3O3S.